The van der Waals surface area contributed by atoms with Crippen molar-refractivity contribution in [2.24, 2.45) is 0 Å². The van der Waals surface area contributed by atoms with Crippen molar-refractivity contribution in [2.75, 3.05) is 64.3 Å². The van der Waals surface area contributed by atoms with Crippen molar-refractivity contribution in [3.8, 4) is 0 Å². The molecule has 29 heavy (non-hydrogen) atoms. The Bertz CT molecular complexity index is 825. The third-order valence-electron chi connectivity index (χ3n) is 5.96. The van der Waals surface area contributed by atoms with Crippen molar-refractivity contribution in [1.29, 1.82) is 0 Å². The second kappa shape index (κ2) is 8.93. The lowest BCUT2D eigenvalue weighted by Crippen LogP contribution is -2.47. The van der Waals surface area contributed by atoms with Crippen LogP contribution >= 0.6 is 0 Å². The number of hydrogen-bond acceptors (Lipinski definition) is 4. The Morgan fingerprint density at radius 2 is 1.52 bits per heavy atom. The van der Waals surface area contributed by atoms with Gasteiger partial charge in [0.25, 0.3) is 5.91 Å². The molecule has 6 heteroatoms. The van der Waals surface area contributed by atoms with Crippen LogP contribution in [0.3, 0.4) is 0 Å². The molecule has 5 nitrogen and oxygen atoms in total. The van der Waals surface area contributed by atoms with Crippen LogP contribution in [-0.4, -0.2) is 80.0 Å². The van der Waals surface area contributed by atoms with Gasteiger partial charge in [0, 0.05) is 64.5 Å². The predicted molar refractivity (Wildman–Crippen MR) is 114 cm³/mol. The summed E-state index contributed by atoms with van der Waals surface area (Å²) in [6.07, 6.45) is 0. The minimum atomic E-state index is -0.151. The fraction of sp³-hybridized carbons (Fsp3) is 0.435. The van der Waals surface area contributed by atoms with E-state index in [0.717, 1.165) is 64.5 Å². The summed E-state index contributed by atoms with van der Waals surface area (Å²) in [4.78, 5) is 21.4. The normalized spacial score (nSPS) is 18.8. The highest BCUT2D eigenvalue weighted by molar-refractivity contribution is 5.94. The van der Waals surface area contributed by atoms with Crippen molar-refractivity contribution in [2.45, 2.75) is 6.54 Å². The van der Waals surface area contributed by atoms with E-state index in [1.165, 1.54) is 11.6 Å². The molecule has 0 N–H and O–H groups in total. The molecule has 0 aliphatic carbocycles. The molecule has 2 aliphatic rings. The number of halogens is 1. The smallest absolute Gasteiger partial charge is 0.253 e. The zero-order valence-corrected chi connectivity index (χ0v) is 17.1. The molecule has 2 aromatic carbocycles. The van der Waals surface area contributed by atoms with Gasteiger partial charge >= 0.3 is 0 Å². The van der Waals surface area contributed by atoms with E-state index in [4.69, 9.17) is 0 Å². The van der Waals surface area contributed by atoms with Gasteiger partial charge in [-0.1, -0.05) is 24.3 Å². The molecule has 154 valence electrons. The van der Waals surface area contributed by atoms with Gasteiger partial charge in [0.1, 0.15) is 5.82 Å². The summed E-state index contributed by atoms with van der Waals surface area (Å²) in [5, 5.41) is 0. The van der Waals surface area contributed by atoms with Gasteiger partial charge in [0.05, 0.1) is 5.69 Å². The van der Waals surface area contributed by atoms with Gasteiger partial charge in [-0.15, -0.1) is 0 Å². The Morgan fingerprint density at radius 1 is 0.862 bits per heavy atom. The first kappa shape index (κ1) is 19.9. The van der Waals surface area contributed by atoms with Gasteiger partial charge in [-0.25, -0.2) is 4.39 Å². The Kier molecular flexibility index (Phi) is 6.11. The van der Waals surface area contributed by atoms with Crippen molar-refractivity contribution in [3.05, 3.63) is 65.5 Å². The number of rotatable bonds is 4. The Morgan fingerprint density at radius 3 is 2.17 bits per heavy atom. The largest absolute Gasteiger partial charge is 0.367 e. The van der Waals surface area contributed by atoms with Crippen molar-refractivity contribution in [1.82, 2.24) is 14.7 Å². The standard InChI is InChI=1S/C23H29FN4O/c1-25-10-14-28(15-11-25)23(29)20-8-6-19(7-9-20)18-26-12-16-27(17-13-26)22-5-3-2-4-21(22)24/h2-9H,10-18H2,1H3. The average molecular weight is 397 g/mol. The first-order valence-electron chi connectivity index (χ1n) is 10.4. The first-order chi connectivity index (χ1) is 14.1. The van der Waals surface area contributed by atoms with Crippen molar-refractivity contribution >= 4 is 11.6 Å². The molecule has 0 aromatic heterocycles. The van der Waals surface area contributed by atoms with Crippen molar-refractivity contribution < 1.29 is 9.18 Å². The van der Waals surface area contributed by atoms with Gasteiger partial charge in [-0.3, -0.25) is 9.69 Å². The highest BCUT2D eigenvalue weighted by atomic mass is 19.1. The number of benzene rings is 2. The van der Waals surface area contributed by atoms with E-state index in [1.54, 1.807) is 6.07 Å². The molecule has 2 aliphatic heterocycles. The van der Waals surface area contributed by atoms with Crippen LogP contribution < -0.4 is 4.90 Å². The number of para-hydroxylation sites is 1. The lowest BCUT2D eigenvalue weighted by atomic mass is 10.1. The van der Waals surface area contributed by atoms with Crippen LogP contribution in [0.5, 0.6) is 0 Å². The Hall–Kier alpha value is -2.44. The van der Waals surface area contributed by atoms with Crippen LogP contribution in [0.15, 0.2) is 48.5 Å². The van der Waals surface area contributed by atoms with Crippen LogP contribution in [0, 0.1) is 5.82 Å². The van der Waals surface area contributed by atoms with Gasteiger partial charge in [0.2, 0.25) is 0 Å². The number of amides is 1. The fourth-order valence-corrected chi connectivity index (χ4v) is 4.06. The number of anilines is 1. The summed E-state index contributed by atoms with van der Waals surface area (Å²) >= 11 is 0. The summed E-state index contributed by atoms with van der Waals surface area (Å²) in [5.41, 5.74) is 2.67. The number of carbonyl (C=O) groups is 1. The van der Waals surface area contributed by atoms with E-state index in [9.17, 15) is 9.18 Å². The lowest BCUT2D eigenvalue weighted by molar-refractivity contribution is 0.0664. The molecule has 0 atom stereocenters. The van der Waals surface area contributed by atoms with Crippen LogP contribution in [-0.2, 0) is 6.54 Å². The van der Waals surface area contributed by atoms with Crippen LogP contribution in [0.25, 0.3) is 0 Å². The molecule has 2 saturated heterocycles. The third-order valence-corrected chi connectivity index (χ3v) is 5.96. The molecule has 0 spiro atoms. The molecule has 0 unspecified atom stereocenters. The third kappa shape index (κ3) is 4.77. The highest BCUT2D eigenvalue weighted by Gasteiger charge is 2.21. The summed E-state index contributed by atoms with van der Waals surface area (Å²) < 4.78 is 14.0. The molecule has 0 bridgehead atoms. The number of likely N-dealkylation sites (N-methyl/N-ethyl adjacent to an activating group) is 1. The molecule has 4 rings (SSSR count). The minimum absolute atomic E-state index is 0.128. The lowest BCUT2D eigenvalue weighted by Gasteiger charge is -2.36. The number of hydrogen-bond donors (Lipinski definition) is 0. The molecule has 2 fully saturated rings. The number of carbonyl (C=O) groups excluding carboxylic acids is 1. The predicted octanol–water partition coefficient (Wildman–Crippen LogP) is 2.54. The van der Waals surface area contributed by atoms with Crippen LogP contribution in [0.2, 0.25) is 0 Å². The van der Waals surface area contributed by atoms with E-state index < -0.39 is 0 Å². The first-order valence-corrected chi connectivity index (χ1v) is 10.4. The summed E-state index contributed by atoms with van der Waals surface area (Å²) in [5.74, 6) is -0.0234. The molecule has 2 aromatic rings. The van der Waals surface area contributed by atoms with E-state index >= 15 is 0 Å². The summed E-state index contributed by atoms with van der Waals surface area (Å²) in [6.45, 7) is 7.75. The Labute approximate surface area is 172 Å². The van der Waals surface area contributed by atoms with Gasteiger partial charge in [-0.2, -0.15) is 0 Å². The zero-order valence-electron chi connectivity index (χ0n) is 17.1. The molecular formula is C23H29FN4O. The molecule has 2 heterocycles. The molecule has 0 radical (unpaired) electrons. The van der Waals surface area contributed by atoms with Gasteiger partial charge < -0.3 is 14.7 Å². The second-order valence-corrected chi connectivity index (χ2v) is 8.01. The van der Waals surface area contributed by atoms with Crippen molar-refractivity contribution in [3.63, 3.8) is 0 Å². The average Bonchev–Trinajstić information content (AvgIpc) is 2.75. The van der Waals surface area contributed by atoms with Gasteiger partial charge in [-0.05, 0) is 36.9 Å². The number of piperazine rings is 2. The number of nitrogens with zero attached hydrogens (tertiary/aromatic N) is 4. The van der Waals surface area contributed by atoms with Crippen LogP contribution in [0.1, 0.15) is 15.9 Å². The topological polar surface area (TPSA) is 30.0 Å². The molecule has 1 amide bonds. The monoisotopic (exact) mass is 396 g/mol. The SMILES string of the molecule is CN1CCN(C(=O)c2ccc(CN3CCN(c4ccccc4F)CC3)cc2)CC1. The van der Waals surface area contributed by atoms with E-state index in [-0.39, 0.29) is 11.7 Å². The molecule has 0 saturated carbocycles. The van der Waals surface area contributed by atoms with E-state index in [2.05, 4.69) is 33.9 Å². The van der Waals surface area contributed by atoms with Gasteiger partial charge in [0.15, 0.2) is 0 Å². The van der Waals surface area contributed by atoms with Crippen LogP contribution in [0.4, 0.5) is 10.1 Å². The van der Waals surface area contributed by atoms with E-state index in [0.29, 0.717) is 5.69 Å². The zero-order chi connectivity index (χ0) is 20.2. The second-order valence-electron chi connectivity index (χ2n) is 8.01. The summed E-state index contributed by atoms with van der Waals surface area (Å²) in [7, 11) is 2.09. The maximum absolute atomic E-state index is 14.0. The Balaban J connectivity index is 1.29. The maximum atomic E-state index is 14.0. The molecular weight excluding hydrogens is 367 g/mol. The fourth-order valence-electron chi connectivity index (χ4n) is 4.06. The van der Waals surface area contributed by atoms with E-state index in [1.807, 2.05) is 29.2 Å². The quantitative estimate of drug-likeness (QED) is 0.795. The maximum Gasteiger partial charge on any atom is 0.253 e. The minimum Gasteiger partial charge on any atom is -0.367 e. The highest BCUT2D eigenvalue weighted by Crippen LogP contribution is 2.21. The summed E-state index contributed by atoms with van der Waals surface area (Å²) in [6, 6.07) is 15.0.